The SMILES string of the molecule is C=CC(=O)OCCNC(=O)C(C)(N)OCC. The van der Waals surface area contributed by atoms with Gasteiger partial charge in [0.15, 0.2) is 5.72 Å². The van der Waals surface area contributed by atoms with Crippen molar-refractivity contribution in [2.24, 2.45) is 5.73 Å². The zero-order chi connectivity index (χ0) is 12.6. The highest BCUT2D eigenvalue weighted by atomic mass is 16.5. The van der Waals surface area contributed by atoms with Crippen LogP contribution in [0, 0.1) is 0 Å². The third kappa shape index (κ3) is 5.47. The van der Waals surface area contributed by atoms with Gasteiger partial charge in [0.05, 0.1) is 6.54 Å². The van der Waals surface area contributed by atoms with E-state index in [0.29, 0.717) is 6.61 Å². The Morgan fingerprint density at radius 2 is 2.19 bits per heavy atom. The van der Waals surface area contributed by atoms with Gasteiger partial charge in [-0.1, -0.05) is 6.58 Å². The van der Waals surface area contributed by atoms with Crippen molar-refractivity contribution in [3.63, 3.8) is 0 Å². The summed E-state index contributed by atoms with van der Waals surface area (Å²) in [7, 11) is 0. The van der Waals surface area contributed by atoms with E-state index < -0.39 is 17.6 Å². The maximum Gasteiger partial charge on any atom is 0.330 e. The summed E-state index contributed by atoms with van der Waals surface area (Å²) in [5, 5.41) is 2.49. The maximum atomic E-state index is 11.4. The molecular formula is C10H18N2O4. The molecule has 3 N–H and O–H groups in total. The smallest absolute Gasteiger partial charge is 0.330 e. The molecule has 0 bridgehead atoms. The Hall–Kier alpha value is -1.40. The number of nitrogens with two attached hydrogens (primary N) is 1. The van der Waals surface area contributed by atoms with Gasteiger partial charge >= 0.3 is 5.97 Å². The molecule has 0 fully saturated rings. The second-order valence-corrected chi connectivity index (χ2v) is 3.17. The highest BCUT2D eigenvalue weighted by Gasteiger charge is 2.28. The number of rotatable bonds is 7. The van der Waals surface area contributed by atoms with Gasteiger partial charge in [-0.2, -0.15) is 0 Å². The van der Waals surface area contributed by atoms with E-state index in [4.69, 9.17) is 10.5 Å². The Morgan fingerprint density at radius 1 is 1.56 bits per heavy atom. The molecule has 0 aliphatic carbocycles. The van der Waals surface area contributed by atoms with Gasteiger partial charge in [0, 0.05) is 12.7 Å². The summed E-state index contributed by atoms with van der Waals surface area (Å²) >= 11 is 0. The molecule has 6 heteroatoms. The number of ether oxygens (including phenoxy) is 2. The molecule has 0 saturated heterocycles. The average Bonchev–Trinajstić information content (AvgIpc) is 2.23. The van der Waals surface area contributed by atoms with E-state index in [1.165, 1.54) is 6.92 Å². The molecule has 0 aromatic heterocycles. The summed E-state index contributed by atoms with van der Waals surface area (Å²) in [6.07, 6.45) is 1.05. The van der Waals surface area contributed by atoms with E-state index in [0.717, 1.165) is 6.08 Å². The number of hydrogen-bond donors (Lipinski definition) is 2. The normalized spacial score (nSPS) is 13.7. The highest BCUT2D eigenvalue weighted by molar-refractivity contribution is 5.84. The molecule has 1 unspecified atom stereocenters. The fraction of sp³-hybridized carbons (Fsp3) is 0.600. The van der Waals surface area contributed by atoms with Crippen LogP contribution in [0.4, 0.5) is 0 Å². The number of amides is 1. The number of carbonyl (C=O) groups excluding carboxylic acids is 2. The summed E-state index contributed by atoms with van der Waals surface area (Å²) in [6, 6.07) is 0. The van der Waals surface area contributed by atoms with Gasteiger partial charge < -0.3 is 14.8 Å². The Bertz CT molecular complexity index is 264. The lowest BCUT2D eigenvalue weighted by atomic mass is 10.2. The van der Waals surface area contributed by atoms with E-state index >= 15 is 0 Å². The molecule has 1 atom stereocenters. The molecule has 0 rings (SSSR count). The first-order chi connectivity index (χ1) is 7.44. The van der Waals surface area contributed by atoms with Crippen molar-refractivity contribution in [3.05, 3.63) is 12.7 Å². The lowest BCUT2D eigenvalue weighted by molar-refractivity contribution is -0.145. The van der Waals surface area contributed by atoms with Crippen LogP contribution >= 0.6 is 0 Å². The Balaban J connectivity index is 3.81. The minimum absolute atomic E-state index is 0.0683. The summed E-state index contributed by atoms with van der Waals surface area (Å²) < 4.78 is 9.69. The summed E-state index contributed by atoms with van der Waals surface area (Å²) in [5.41, 5.74) is 4.22. The first-order valence-corrected chi connectivity index (χ1v) is 4.94. The molecule has 0 spiro atoms. The zero-order valence-corrected chi connectivity index (χ0v) is 9.62. The van der Waals surface area contributed by atoms with E-state index in [-0.39, 0.29) is 13.2 Å². The van der Waals surface area contributed by atoms with Crippen LogP contribution in [0.15, 0.2) is 12.7 Å². The lowest BCUT2D eigenvalue weighted by Gasteiger charge is -2.22. The van der Waals surface area contributed by atoms with Gasteiger partial charge in [-0.25, -0.2) is 4.79 Å². The van der Waals surface area contributed by atoms with Crippen molar-refractivity contribution in [1.29, 1.82) is 0 Å². The fourth-order valence-electron chi connectivity index (χ4n) is 0.916. The molecule has 0 saturated carbocycles. The summed E-state index contributed by atoms with van der Waals surface area (Å²) in [4.78, 5) is 22.1. The summed E-state index contributed by atoms with van der Waals surface area (Å²) in [6.45, 7) is 7.02. The van der Waals surface area contributed by atoms with Crippen LogP contribution in [0.1, 0.15) is 13.8 Å². The number of esters is 1. The van der Waals surface area contributed by atoms with Gasteiger partial charge in [0.1, 0.15) is 6.61 Å². The first-order valence-electron chi connectivity index (χ1n) is 4.94. The third-order valence-corrected chi connectivity index (χ3v) is 1.69. The largest absolute Gasteiger partial charge is 0.461 e. The van der Waals surface area contributed by atoms with Crippen molar-refractivity contribution in [3.8, 4) is 0 Å². The van der Waals surface area contributed by atoms with Crippen LogP contribution in [-0.4, -0.2) is 37.4 Å². The maximum absolute atomic E-state index is 11.4. The first kappa shape index (κ1) is 14.6. The zero-order valence-electron chi connectivity index (χ0n) is 9.62. The van der Waals surface area contributed by atoms with Crippen LogP contribution in [0.5, 0.6) is 0 Å². The number of nitrogens with one attached hydrogen (secondary N) is 1. The molecule has 0 heterocycles. The predicted molar refractivity (Wildman–Crippen MR) is 58.4 cm³/mol. The minimum atomic E-state index is -1.36. The average molecular weight is 230 g/mol. The predicted octanol–water partition coefficient (Wildman–Crippen LogP) is -0.457. The topological polar surface area (TPSA) is 90.7 Å². The number of carbonyl (C=O) groups is 2. The molecule has 0 aliphatic rings. The van der Waals surface area contributed by atoms with Crippen molar-refractivity contribution < 1.29 is 19.1 Å². The van der Waals surface area contributed by atoms with Gasteiger partial charge in [0.2, 0.25) is 0 Å². The van der Waals surface area contributed by atoms with Crippen molar-refractivity contribution in [2.75, 3.05) is 19.8 Å². The Kier molecular flexibility index (Phi) is 6.36. The minimum Gasteiger partial charge on any atom is -0.461 e. The standard InChI is InChI=1S/C10H18N2O4/c1-4-8(13)15-7-6-12-9(14)10(3,11)16-5-2/h4H,1,5-7,11H2,2-3H3,(H,12,14). The fourth-order valence-corrected chi connectivity index (χ4v) is 0.916. The Morgan fingerprint density at radius 3 is 2.69 bits per heavy atom. The lowest BCUT2D eigenvalue weighted by Crippen LogP contribution is -2.54. The second kappa shape index (κ2) is 6.97. The van der Waals surface area contributed by atoms with Crippen molar-refractivity contribution >= 4 is 11.9 Å². The van der Waals surface area contributed by atoms with Gasteiger partial charge in [-0.3, -0.25) is 10.5 Å². The Labute approximate surface area is 94.8 Å². The van der Waals surface area contributed by atoms with E-state index in [1.54, 1.807) is 6.92 Å². The van der Waals surface area contributed by atoms with Crippen LogP contribution < -0.4 is 11.1 Å². The van der Waals surface area contributed by atoms with Crippen molar-refractivity contribution in [2.45, 2.75) is 19.6 Å². The molecule has 1 amide bonds. The third-order valence-electron chi connectivity index (χ3n) is 1.69. The van der Waals surface area contributed by atoms with Crippen LogP contribution in [0.3, 0.4) is 0 Å². The molecule has 0 aromatic carbocycles. The molecule has 16 heavy (non-hydrogen) atoms. The molecule has 0 radical (unpaired) electrons. The second-order valence-electron chi connectivity index (χ2n) is 3.17. The summed E-state index contributed by atoms with van der Waals surface area (Å²) in [5.74, 6) is -0.987. The molecule has 6 nitrogen and oxygen atoms in total. The number of hydrogen-bond acceptors (Lipinski definition) is 5. The molecule has 0 aromatic rings. The molecule has 0 aliphatic heterocycles. The molecular weight excluding hydrogens is 212 g/mol. The van der Waals surface area contributed by atoms with Crippen LogP contribution in [0.25, 0.3) is 0 Å². The monoisotopic (exact) mass is 230 g/mol. The van der Waals surface area contributed by atoms with E-state index in [1.807, 2.05) is 0 Å². The van der Waals surface area contributed by atoms with E-state index in [9.17, 15) is 9.59 Å². The van der Waals surface area contributed by atoms with E-state index in [2.05, 4.69) is 16.6 Å². The molecule has 92 valence electrons. The van der Waals surface area contributed by atoms with Crippen molar-refractivity contribution in [1.82, 2.24) is 5.32 Å². The van der Waals surface area contributed by atoms with Crippen LogP contribution in [0.2, 0.25) is 0 Å². The van der Waals surface area contributed by atoms with Gasteiger partial charge in [-0.05, 0) is 13.8 Å². The van der Waals surface area contributed by atoms with Crippen LogP contribution in [-0.2, 0) is 19.1 Å². The van der Waals surface area contributed by atoms with Gasteiger partial charge in [-0.15, -0.1) is 0 Å². The quantitative estimate of drug-likeness (QED) is 0.267. The van der Waals surface area contributed by atoms with Gasteiger partial charge in [0.25, 0.3) is 5.91 Å². The highest BCUT2D eigenvalue weighted by Crippen LogP contribution is 2.00.